The molecule has 0 radical (unpaired) electrons. The summed E-state index contributed by atoms with van der Waals surface area (Å²) in [5.41, 5.74) is 2.19. The smallest absolute Gasteiger partial charge is 0.0332 e. The average Bonchev–Trinajstić information content (AvgIpc) is 2.18. The topological polar surface area (TPSA) is 12.4 Å². The molecule has 0 fully saturated rings. The van der Waals surface area contributed by atoms with E-state index in [9.17, 15) is 0 Å². The fourth-order valence-electron chi connectivity index (χ4n) is 1.82. The highest BCUT2D eigenvalue weighted by molar-refractivity contribution is 5.72. The summed E-state index contributed by atoms with van der Waals surface area (Å²) in [7, 11) is 0. The number of nitrogens with zero attached hydrogens (tertiary/aromatic N) is 1. The van der Waals surface area contributed by atoms with Crippen LogP contribution in [0.5, 0.6) is 0 Å². The summed E-state index contributed by atoms with van der Waals surface area (Å²) < 4.78 is 0. The Morgan fingerprint density at radius 3 is 2.80 bits per heavy atom. The molecule has 1 rings (SSSR count). The Bertz CT molecular complexity index is 294. The van der Waals surface area contributed by atoms with Crippen molar-refractivity contribution in [2.75, 3.05) is 0 Å². The molecule has 15 heavy (non-hydrogen) atoms. The molecular formula is C14H21N. The number of aliphatic imine (C=N–C) groups is 1. The normalized spacial score (nSPS) is 27.8. The molecule has 1 aliphatic rings. The van der Waals surface area contributed by atoms with Crippen molar-refractivity contribution in [2.24, 2.45) is 16.8 Å². The van der Waals surface area contributed by atoms with Gasteiger partial charge in [0.2, 0.25) is 0 Å². The molecule has 1 aliphatic heterocycles. The standard InChI is InChI=1S/C14H21N/c1-11(2)14-8-7-13(4)15-9-5-6-12(3)10-14/h5-6,9,11,14H,3-4,7-8,10H2,1-2H3/b6-5-,15-9-. The zero-order valence-electron chi connectivity index (χ0n) is 9.87. The van der Waals surface area contributed by atoms with Crippen molar-refractivity contribution in [3.63, 3.8) is 0 Å². The van der Waals surface area contributed by atoms with E-state index in [1.165, 1.54) is 12.0 Å². The van der Waals surface area contributed by atoms with Crippen molar-refractivity contribution >= 4 is 6.21 Å². The lowest BCUT2D eigenvalue weighted by Gasteiger charge is -2.21. The summed E-state index contributed by atoms with van der Waals surface area (Å²) >= 11 is 0. The lowest BCUT2D eigenvalue weighted by Crippen LogP contribution is -2.10. The largest absolute Gasteiger partial charge is 0.262 e. The van der Waals surface area contributed by atoms with Crippen LogP contribution in [0.4, 0.5) is 0 Å². The molecule has 1 heteroatoms. The molecule has 0 spiro atoms. The van der Waals surface area contributed by atoms with Gasteiger partial charge in [-0.2, -0.15) is 0 Å². The van der Waals surface area contributed by atoms with Crippen LogP contribution in [0.25, 0.3) is 0 Å². The fraction of sp³-hybridized carbons (Fsp3) is 0.500. The summed E-state index contributed by atoms with van der Waals surface area (Å²) in [6.45, 7) is 12.6. The first-order chi connectivity index (χ1) is 7.09. The molecule has 0 saturated heterocycles. The highest BCUT2D eigenvalue weighted by Gasteiger charge is 2.14. The van der Waals surface area contributed by atoms with Crippen LogP contribution < -0.4 is 0 Å². The maximum Gasteiger partial charge on any atom is 0.0332 e. The van der Waals surface area contributed by atoms with Crippen LogP contribution in [0.2, 0.25) is 0 Å². The molecule has 0 aromatic rings. The molecule has 1 nitrogen and oxygen atoms in total. The molecule has 0 saturated carbocycles. The SMILES string of the molecule is C=C1/C=C\C=N/C(=C)CCC(C(C)C)C1. The minimum absolute atomic E-state index is 0.700. The molecular weight excluding hydrogens is 182 g/mol. The zero-order chi connectivity index (χ0) is 11.3. The van der Waals surface area contributed by atoms with Gasteiger partial charge in [0.25, 0.3) is 0 Å². The summed E-state index contributed by atoms with van der Waals surface area (Å²) in [5, 5.41) is 0. The average molecular weight is 203 g/mol. The minimum Gasteiger partial charge on any atom is -0.262 e. The van der Waals surface area contributed by atoms with E-state index >= 15 is 0 Å². The summed E-state index contributed by atoms with van der Waals surface area (Å²) in [6.07, 6.45) is 9.08. The van der Waals surface area contributed by atoms with E-state index in [4.69, 9.17) is 0 Å². The minimum atomic E-state index is 0.700. The molecule has 0 aromatic carbocycles. The Morgan fingerprint density at radius 2 is 2.13 bits per heavy atom. The van der Waals surface area contributed by atoms with E-state index in [2.05, 4.69) is 38.1 Å². The number of hydrogen-bond acceptors (Lipinski definition) is 1. The van der Waals surface area contributed by atoms with Gasteiger partial charge in [0.05, 0.1) is 0 Å². The van der Waals surface area contributed by atoms with Gasteiger partial charge in [0.15, 0.2) is 0 Å². The van der Waals surface area contributed by atoms with Crippen LogP contribution in [0.3, 0.4) is 0 Å². The molecule has 0 bridgehead atoms. The van der Waals surface area contributed by atoms with Crippen molar-refractivity contribution in [3.8, 4) is 0 Å². The van der Waals surface area contributed by atoms with E-state index in [1.54, 1.807) is 0 Å². The first-order valence-corrected chi connectivity index (χ1v) is 5.66. The van der Waals surface area contributed by atoms with Gasteiger partial charge in [-0.15, -0.1) is 0 Å². The van der Waals surface area contributed by atoms with E-state index in [0.717, 1.165) is 18.5 Å². The summed E-state index contributed by atoms with van der Waals surface area (Å²) in [6, 6.07) is 0. The Labute approximate surface area is 93.3 Å². The quantitative estimate of drug-likeness (QED) is 0.607. The lowest BCUT2D eigenvalue weighted by atomic mass is 9.85. The number of allylic oxidation sites excluding steroid dienone is 4. The zero-order valence-corrected chi connectivity index (χ0v) is 9.87. The van der Waals surface area contributed by atoms with E-state index in [-0.39, 0.29) is 0 Å². The van der Waals surface area contributed by atoms with E-state index < -0.39 is 0 Å². The molecule has 1 unspecified atom stereocenters. The molecule has 0 N–H and O–H groups in total. The number of hydrogen-bond donors (Lipinski definition) is 0. The van der Waals surface area contributed by atoms with Gasteiger partial charge in [-0.1, -0.05) is 38.7 Å². The second-order valence-corrected chi connectivity index (χ2v) is 4.61. The summed E-state index contributed by atoms with van der Waals surface area (Å²) in [4.78, 5) is 4.27. The van der Waals surface area contributed by atoms with Crippen LogP contribution in [0.15, 0.2) is 41.6 Å². The third kappa shape index (κ3) is 4.28. The van der Waals surface area contributed by atoms with Gasteiger partial charge in [-0.05, 0) is 37.2 Å². The van der Waals surface area contributed by atoms with Gasteiger partial charge in [-0.25, -0.2) is 0 Å². The number of rotatable bonds is 1. The second-order valence-electron chi connectivity index (χ2n) is 4.61. The van der Waals surface area contributed by atoms with Crippen molar-refractivity contribution < 1.29 is 0 Å². The first kappa shape index (κ1) is 12.0. The molecule has 82 valence electrons. The Balaban J connectivity index is 2.74. The first-order valence-electron chi connectivity index (χ1n) is 5.66. The predicted molar refractivity (Wildman–Crippen MR) is 68.1 cm³/mol. The Hall–Kier alpha value is -1.11. The van der Waals surface area contributed by atoms with Gasteiger partial charge >= 0.3 is 0 Å². The van der Waals surface area contributed by atoms with Gasteiger partial charge in [0, 0.05) is 11.9 Å². The second kappa shape index (κ2) is 5.69. The van der Waals surface area contributed by atoms with Crippen LogP contribution in [-0.2, 0) is 0 Å². The van der Waals surface area contributed by atoms with Crippen LogP contribution in [-0.4, -0.2) is 6.21 Å². The van der Waals surface area contributed by atoms with Crippen molar-refractivity contribution in [3.05, 3.63) is 36.6 Å². The Morgan fingerprint density at radius 1 is 1.40 bits per heavy atom. The molecule has 0 aliphatic carbocycles. The van der Waals surface area contributed by atoms with Gasteiger partial charge in [-0.3, -0.25) is 4.99 Å². The Kier molecular flexibility index (Phi) is 4.54. The summed E-state index contributed by atoms with van der Waals surface area (Å²) in [5.74, 6) is 1.40. The van der Waals surface area contributed by atoms with Crippen molar-refractivity contribution in [1.29, 1.82) is 0 Å². The third-order valence-corrected chi connectivity index (χ3v) is 2.95. The monoisotopic (exact) mass is 203 g/mol. The van der Waals surface area contributed by atoms with Crippen LogP contribution in [0, 0.1) is 11.8 Å². The highest BCUT2D eigenvalue weighted by atomic mass is 14.7. The maximum absolute atomic E-state index is 4.27. The van der Waals surface area contributed by atoms with Gasteiger partial charge < -0.3 is 0 Å². The molecule has 1 heterocycles. The van der Waals surface area contributed by atoms with Crippen molar-refractivity contribution in [2.45, 2.75) is 33.1 Å². The predicted octanol–water partition coefficient (Wildman–Crippen LogP) is 4.14. The van der Waals surface area contributed by atoms with Crippen LogP contribution >= 0.6 is 0 Å². The molecule has 1 atom stereocenters. The molecule has 0 aromatic heterocycles. The fourth-order valence-corrected chi connectivity index (χ4v) is 1.82. The van der Waals surface area contributed by atoms with E-state index in [1.807, 2.05) is 12.3 Å². The van der Waals surface area contributed by atoms with Gasteiger partial charge in [0.1, 0.15) is 0 Å². The maximum atomic E-state index is 4.27. The van der Waals surface area contributed by atoms with E-state index in [0.29, 0.717) is 11.8 Å². The molecule has 0 amide bonds. The third-order valence-electron chi connectivity index (χ3n) is 2.95. The highest BCUT2D eigenvalue weighted by Crippen LogP contribution is 2.26. The lowest BCUT2D eigenvalue weighted by molar-refractivity contribution is 0.358. The van der Waals surface area contributed by atoms with Crippen LogP contribution in [0.1, 0.15) is 33.1 Å². The van der Waals surface area contributed by atoms with Crippen molar-refractivity contribution in [1.82, 2.24) is 0 Å².